The molecule has 1 aromatic heterocycles. The lowest BCUT2D eigenvalue weighted by atomic mass is 10.0. The van der Waals surface area contributed by atoms with Crippen LogP contribution in [0.4, 0.5) is 5.69 Å². The fraction of sp³-hybridized carbons (Fsp3) is 0.353. The predicted molar refractivity (Wildman–Crippen MR) is 94.6 cm³/mol. The van der Waals surface area contributed by atoms with Crippen molar-refractivity contribution in [3.8, 4) is 0 Å². The Kier molecular flexibility index (Phi) is 5.63. The Morgan fingerprint density at radius 2 is 2.00 bits per heavy atom. The van der Waals surface area contributed by atoms with E-state index in [0.29, 0.717) is 11.6 Å². The van der Waals surface area contributed by atoms with Gasteiger partial charge in [0, 0.05) is 0 Å². The molecule has 25 heavy (non-hydrogen) atoms. The fourth-order valence-electron chi connectivity index (χ4n) is 2.42. The van der Waals surface area contributed by atoms with Crippen molar-refractivity contribution in [3.05, 3.63) is 56.9 Å². The van der Waals surface area contributed by atoms with Crippen LogP contribution in [-0.4, -0.2) is 26.8 Å². The van der Waals surface area contributed by atoms with E-state index in [9.17, 15) is 14.9 Å². The first kappa shape index (κ1) is 18.3. The number of benzene rings is 1. The number of aryl methyl sites for hydroxylation is 1. The molecule has 0 saturated carbocycles. The topological polar surface area (TPSA) is 102 Å². The van der Waals surface area contributed by atoms with Crippen LogP contribution in [0.2, 0.25) is 0 Å². The zero-order valence-corrected chi connectivity index (χ0v) is 14.7. The third-order valence-electron chi connectivity index (χ3n) is 3.83. The molecule has 8 nitrogen and oxygen atoms in total. The van der Waals surface area contributed by atoms with Gasteiger partial charge in [0.25, 0.3) is 5.91 Å². The highest BCUT2D eigenvalue weighted by Gasteiger charge is 2.22. The number of amides is 1. The minimum absolute atomic E-state index is 0.0680. The number of hydrazone groups is 1. The molecule has 1 heterocycles. The lowest BCUT2D eigenvalue weighted by Crippen LogP contribution is -2.24. The van der Waals surface area contributed by atoms with Gasteiger partial charge in [0.1, 0.15) is 17.9 Å². The lowest BCUT2D eigenvalue weighted by molar-refractivity contribution is -0.386. The summed E-state index contributed by atoms with van der Waals surface area (Å²) in [5, 5.41) is 18.9. The van der Waals surface area contributed by atoms with Crippen LogP contribution in [0.15, 0.2) is 29.4 Å². The van der Waals surface area contributed by atoms with E-state index in [-0.39, 0.29) is 17.9 Å². The predicted octanol–water partition coefficient (Wildman–Crippen LogP) is 2.68. The summed E-state index contributed by atoms with van der Waals surface area (Å²) in [6.45, 7) is 7.20. The fourth-order valence-corrected chi connectivity index (χ4v) is 2.42. The Bertz CT molecular complexity index is 806. The van der Waals surface area contributed by atoms with Gasteiger partial charge in [0.05, 0.1) is 11.1 Å². The second kappa shape index (κ2) is 7.69. The zero-order chi connectivity index (χ0) is 18.6. The SMILES string of the molecule is Cc1nn(CC(=O)NN=Cc2ccc(C(C)C)cc2)c(C)c1[N+](=O)[O-]. The first-order chi connectivity index (χ1) is 11.8. The number of hydrogen-bond acceptors (Lipinski definition) is 5. The summed E-state index contributed by atoms with van der Waals surface area (Å²) < 4.78 is 1.30. The molecule has 0 fully saturated rings. The molecule has 2 aromatic rings. The molecule has 0 saturated heterocycles. The molecular formula is C17H21N5O3. The summed E-state index contributed by atoms with van der Waals surface area (Å²) in [6.07, 6.45) is 1.55. The number of carbonyl (C=O) groups is 1. The molecular weight excluding hydrogens is 322 g/mol. The third-order valence-corrected chi connectivity index (χ3v) is 3.83. The van der Waals surface area contributed by atoms with E-state index in [0.717, 1.165) is 5.56 Å². The van der Waals surface area contributed by atoms with Crippen LogP contribution in [0.3, 0.4) is 0 Å². The van der Waals surface area contributed by atoms with Crippen LogP contribution in [0.1, 0.15) is 42.3 Å². The highest BCUT2D eigenvalue weighted by molar-refractivity contribution is 5.82. The summed E-state index contributed by atoms with van der Waals surface area (Å²) >= 11 is 0. The highest BCUT2D eigenvalue weighted by Crippen LogP contribution is 2.21. The van der Waals surface area contributed by atoms with Gasteiger partial charge in [0.15, 0.2) is 0 Å². The summed E-state index contributed by atoms with van der Waals surface area (Å²) in [4.78, 5) is 22.4. The van der Waals surface area contributed by atoms with Gasteiger partial charge in [-0.15, -0.1) is 0 Å². The zero-order valence-electron chi connectivity index (χ0n) is 14.7. The molecule has 0 unspecified atom stereocenters. The van der Waals surface area contributed by atoms with Crippen molar-refractivity contribution in [2.45, 2.75) is 40.2 Å². The van der Waals surface area contributed by atoms with Gasteiger partial charge in [-0.1, -0.05) is 38.1 Å². The van der Waals surface area contributed by atoms with Crippen molar-refractivity contribution in [1.82, 2.24) is 15.2 Å². The molecule has 1 aromatic carbocycles. The van der Waals surface area contributed by atoms with Gasteiger partial charge >= 0.3 is 5.69 Å². The van der Waals surface area contributed by atoms with Gasteiger partial charge in [0.2, 0.25) is 0 Å². The maximum absolute atomic E-state index is 11.9. The molecule has 0 aliphatic carbocycles. The number of nitrogens with zero attached hydrogens (tertiary/aromatic N) is 4. The molecule has 0 bridgehead atoms. The Labute approximate surface area is 145 Å². The molecule has 1 N–H and O–H groups in total. The second-order valence-corrected chi connectivity index (χ2v) is 6.05. The minimum atomic E-state index is -0.495. The van der Waals surface area contributed by atoms with Crippen molar-refractivity contribution < 1.29 is 9.72 Å². The Balaban J connectivity index is 1.97. The molecule has 1 amide bonds. The lowest BCUT2D eigenvalue weighted by Gasteiger charge is -2.04. The van der Waals surface area contributed by atoms with Gasteiger partial charge in [-0.05, 0) is 30.9 Å². The smallest absolute Gasteiger partial charge is 0.271 e. The van der Waals surface area contributed by atoms with Crippen LogP contribution in [0, 0.1) is 24.0 Å². The van der Waals surface area contributed by atoms with Crippen molar-refractivity contribution in [1.29, 1.82) is 0 Å². The molecule has 0 aliphatic heterocycles. The third kappa shape index (κ3) is 4.50. The van der Waals surface area contributed by atoms with Crippen LogP contribution < -0.4 is 5.43 Å². The molecule has 0 aliphatic rings. The van der Waals surface area contributed by atoms with E-state index in [4.69, 9.17) is 0 Å². The van der Waals surface area contributed by atoms with E-state index < -0.39 is 10.8 Å². The maximum Gasteiger partial charge on any atom is 0.312 e. The maximum atomic E-state index is 11.9. The van der Waals surface area contributed by atoms with E-state index in [2.05, 4.69) is 29.5 Å². The van der Waals surface area contributed by atoms with Crippen molar-refractivity contribution >= 4 is 17.8 Å². The second-order valence-electron chi connectivity index (χ2n) is 6.05. The minimum Gasteiger partial charge on any atom is -0.271 e. The molecule has 132 valence electrons. The summed E-state index contributed by atoms with van der Waals surface area (Å²) in [7, 11) is 0. The molecule has 2 rings (SSSR count). The number of nitrogens with one attached hydrogen (secondary N) is 1. The highest BCUT2D eigenvalue weighted by atomic mass is 16.6. The van der Waals surface area contributed by atoms with Crippen molar-refractivity contribution in [2.24, 2.45) is 5.10 Å². The van der Waals surface area contributed by atoms with Crippen LogP contribution in [0.25, 0.3) is 0 Å². The average molecular weight is 343 g/mol. The van der Waals surface area contributed by atoms with Crippen LogP contribution >= 0.6 is 0 Å². The van der Waals surface area contributed by atoms with E-state index in [1.54, 1.807) is 20.1 Å². The number of nitro groups is 1. The Hall–Kier alpha value is -3.03. The first-order valence-electron chi connectivity index (χ1n) is 7.90. The summed E-state index contributed by atoms with van der Waals surface area (Å²) in [5.41, 5.74) is 5.05. The standard InChI is InChI=1S/C17H21N5O3/c1-11(2)15-7-5-14(6-8-15)9-18-19-16(23)10-21-13(4)17(22(24)25)12(3)20-21/h5-9,11H,10H2,1-4H3,(H,19,23). The van der Waals surface area contributed by atoms with Gasteiger partial charge in [-0.25, -0.2) is 5.43 Å². The van der Waals surface area contributed by atoms with Crippen molar-refractivity contribution in [2.75, 3.05) is 0 Å². The Morgan fingerprint density at radius 1 is 1.36 bits per heavy atom. The number of carbonyl (C=O) groups excluding carboxylic acids is 1. The molecule has 0 radical (unpaired) electrons. The quantitative estimate of drug-likeness (QED) is 0.495. The molecule has 8 heteroatoms. The molecule has 0 spiro atoms. The number of rotatable bonds is 6. The van der Waals surface area contributed by atoms with Crippen molar-refractivity contribution in [3.63, 3.8) is 0 Å². The number of aromatic nitrogens is 2. The van der Waals surface area contributed by atoms with Gasteiger partial charge in [-0.3, -0.25) is 19.6 Å². The normalized spacial score (nSPS) is 11.2. The van der Waals surface area contributed by atoms with E-state index >= 15 is 0 Å². The summed E-state index contributed by atoms with van der Waals surface area (Å²) in [6, 6.07) is 7.89. The molecule has 0 atom stereocenters. The van der Waals surface area contributed by atoms with Gasteiger partial charge in [-0.2, -0.15) is 10.2 Å². The first-order valence-corrected chi connectivity index (χ1v) is 7.90. The largest absolute Gasteiger partial charge is 0.312 e. The Morgan fingerprint density at radius 3 is 2.52 bits per heavy atom. The van der Waals surface area contributed by atoms with Crippen LogP contribution in [0.5, 0.6) is 0 Å². The van der Waals surface area contributed by atoms with E-state index in [1.807, 2.05) is 24.3 Å². The number of hydrogen-bond donors (Lipinski definition) is 1. The van der Waals surface area contributed by atoms with Gasteiger partial charge < -0.3 is 0 Å². The monoisotopic (exact) mass is 343 g/mol. The van der Waals surface area contributed by atoms with Crippen LogP contribution in [-0.2, 0) is 11.3 Å². The summed E-state index contributed by atoms with van der Waals surface area (Å²) in [5.74, 6) is 0.0473. The average Bonchev–Trinajstić information content (AvgIpc) is 2.81. The van der Waals surface area contributed by atoms with E-state index in [1.165, 1.54) is 10.2 Å².